The summed E-state index contributed by atoms with van der Waals surface area (Å²) < 4.78 is 67.3. The molecule has 7 nitrogen and oxygen atoms in total. The van der Waals surface area contributed by atoms with Crippen LogP contribution in [0.2, 0.25) is 0 Å². The summed E-state index contributed by atoms with van der Waals surface area (Å²) in [6, 6.07) is 14.1. The van der Waals surface area contributed by atoms with Gasteiger partial charge in [0.05, 0.1) is 27.2 Å². The summed E-state index contributed by atoms with van der Waals surface area (Å²) in [7, 11) is -4.25. The zero-order valence-electron chi connectivity index (χ0n) is 19.4. The third kappa shape index (κ3) is 5.17. The van der Waals surface area contributed by atoms with Gasteiger partial charge >= 0.3 is 6.18 Å². The van der Waals surface area contributed by atoms with Crippen LogP contribution in [-0.2, 0) is 22.6 Å². The number of halogens is 3. The number of pyridine rings is 1. The predicted molar refractivity (Wildman–Crippen MR) is 133 cm³/mol. The molecule has 0 fully saturated rings. The number of aromatic nitrogens is 4. The highest BCUT2D eigenvalue weighted by Crippen LogP contribution is 2.31. The lowest BCUT2D eigenvalue weighted by Crippen LogP contribution is -2.15. The first-order valence-corrected chi connectivity index (χ1v) is 12.6. The minimum atomic E-state index is -4.65. The van der Waals surface area contributed by atoms with Crippen LogP contribution in [0, 0.1) is 6.92 Å². The molecule has 2 aromatic carbocycles. The van der Waals surface area contributed by atoms with Crippen molar-refractivity contribution in [2.45, 2.75) is 24.4 Å². The number of aromatic amines is 1. The molecule has 0 aliphatic rings. The third-order valence-corrected chi connectivity index (χ3v) is 7.19. The summed E-state index contributed by atoms with van der Waals surface area (Å²) in [5, 5.41) is 0. The molecule has 188 valence electrons. The Morgan fingerprint density at radius 2 is 1.84 bits per heavy atom. The number of hydrogen-bond donors (Lipinski definition) is 2. The number of H-pyrrole nitrogens is 1. The molecule has 0 bridgehead atoms. The van der Waals surface area contributed by atoms with E-state index in [4.69, 9.17) is 4.98 Å². The van der Waals surface area contributed by atoms with E-state index in [1.807, 2.05) is 25.1 Å². The standard InChI is InChI=1S/C26H20F3N5O2S/c1-16-7-8-20(34-37(35,36)21-6-2-5-19(14-21)26(27,28)29)12-18(16)13-23-32-22-9-11-31-25(22)24(33-23)17-4-3-10-30-15-17/h2-12,14-15,31,34H,13H2,1H3. The molecule has 0 amide bonds. The maximum absolute atomic E-state index is 13.1. The normalized spacial score (nSPS) is 12.1. The van der Waals surface area contributed by atoms with Crippen LogP contribution in [0.4, 0.5) is 18.9 Å². The van der Waals surface area contributed by atoms with Crippen molar-refractivity contribution in [1.29, 1.82) is 0 Å². The number of sulfonamides is 1. The fraction of sp³-hybridized carbons (Fsp3) is 0.115. The first kappa shape index (κ1) is 24.4. The fourth-order valence-electron chi connectivity index (χ4n) is 3.93. The van der Waals surface area contributed by atoms with E-state index in [9.17, 15) is 21.6 Å². The van der Waals surface area contributed by atoms with Crippen LogP contribution < -0.4 is 4.72 Å². The van der Waals surface area contributed by atoms with Crippen LogP contribution in [0.5, 0.6) is 0 Å². The molecule has 0 unspecified atom stereocenters. The van der Waals surface area contributed by atoms with Gasteiger partial charge in [-0.25, -0.2) is 18.4 Å². The summed E-state index contributed by atoms with van der Waals surface area (Å²) in [5.74, 6) is 0.520. The van der Waals surface area contributed by atoms with Crippen molar-refractivity contribution >= 4 is 26.7 Å². The average molecular weight is 524 g/mol. The van der Waals surface area contributed by atoms with E-state index in [1.165, 1.54) is 0 Å². The number of rotatable bonds is 6. The Morgan fingerprint density at radius 1 is 1.00 bits per heavy atom. The van der Waals surface area contributed by atoms with Gasteiger partial charge in [0.15, 0.2) is 0 Å². The van der Waals surface area contributed by atoms with Gasteiger partial charge in [0.2, 0.25) is 0 Å². The van der Waals surface area contributed by atoms with Crippen LogP contribution in [0.1, 0.15) is 22.5 Å². The lowest BCUT2D eigenvalue weighted by atomic mass is 10.0. The molecule has 0 saturated carbocycles. The van der Waals surface area contributed by atoms with Gasteiger partial charge in [-0.15, -0.1) is 0 Å². The molecule has 37 heavy (non-hydrogen) atoms. The van der Waals surface area contributed by atoms with Gasteiger partial charge < -0.3 is 4.98 Å². The SMILES string of the molecule is Cc1ccc(NS(=O)(=O)c2cccc(C(F)(F)F)c2)cc1Cc1nc(-c2cccnc2)c2[nH]ccc2n1. The number of fused-ring (bicyclic) bond motifs is 1. The van der Waals surface area contributed by atoms with Crippen LogP contribution in [-0.4, -0.2) is 28.4 Å². The quantitative estimate of drug-likeness (QED) is 0.296. The molecular weight excluding hydrogens is 503 g/mol. The van der Waals surface area contributed by atoms with E-state index in [0.717, 1.165) is 45.9 Å². The molecule has 0 radical (unpaired) electrons. The zero-order chi connectivity index (χ0) is 26.2. The second-order valence-corrected chi connectivity index (χ2v) is 10.1. The maximum atomic E-state index is 13.1. The lowest BCUT2D eigenvalue weighted by molar-refractivity contribution is -0.137. The Morgan fingerprint density at radius 3 is 2.59 bits per heavy atom. The van der Waals surface area contributed by atoms with Gasteiger partial charge in [-0.1, -0.05) is 12.1 Å². The number of anilines is 1. The monoisotopic (exact) mass is 523 g/mol. The second-order valence-electron chi connectivity index (χ2n) is 8.42. The van der Waals surface area contributed by atoms with Crippen molar-refractivity contribution in [3.63, 3.8) is 0 Å². The molecule has 3 aromatic heterocycles. The van der Waals surface area contributed by atoms with Gasteiger partial charge in [-0.3, -0.25) is 9.71 Å². The third-order valence-electron chi connectivity index (χ3n) is 5.81. The smallest absolute Gasteiger partial charge is 0.358 e. The minimum Gasteiger partial charge on any atom is -0.358 e. The summed E-state index contributed by atoms with van der Waals surface area (Å²) in [6.07, 6.45) is 0.808. The van der Waals surface area contributed by atoms with Gasteiger partial charge in [0.1, 0.15) is 5.82 Å². The molecular formula is C26H20F3N5O2S. The number of nitrogens with one attached hydrogen (secondary N) is 2. The van der Waals surface area contributed by atoms with E-state index in [1.54, 1.807) is 36.8 Å². The zero-order valence-corrected chi connectivity index (χ0v) is 20.2. The highest BCUT2D eigenvalue weighted by Gasteiger charge is 2.31. The van der Waals surface area contributed by atoms with E-state index < -0.39 is 26.7 Å². The highest BCUT2D eigenvalue weighted by atomic mass is 32.2. The fourth-order valence-corrected chi connectivity index (χ4v) is 5.03. The van der Waals surface area contributed by atoms with Crippen LogP contribution >= 0.6 is 0 Å². The largest absolute Gasteiger partial charge is 0.416 e. The summed E-state index contributed by atoms with van der Waals surface area (Å²) in [4.78, 5) is 16.2. The number of hydrogen-bond acceptors (Lipinski definition) is 5. The van der Waals surface area contributed by atoms with E-state index in [0.29, 0.717) is 24.0 Å². The van der Waals surface area contributed by atoms with Crippen molar-refractivity contribution in [3.8, 4) is 11.3 Å². The number of aryl methyl sites for hydroxylation is 1. The minimum absolute atomic E-state index is 0.216. The van der Waals surface area contributed by atoms with Crippen LogP contribution in [0.25, 0.3) is 22.3 Å². The Kier molecular flexibility index (Phi) is 6.16. The van der Waals surface area contributed by atoms with Crippen molar-refractivity contribution in [2.24, 2.45) is 0 Å². The Hall–Kier alpha value is -4.25. The van der Waals surface area contributed by atoms with Gasteiger partial charge in [-0.2, -0.15) is 13.2 Å². The van der Waals surface area contributed by atoms with Gasteiger partial charge in [0.25, 0.3) is 10.0 Å². The van der Waals surface area contributed by atoms with Gasteiger partial charge in [-0.05, 0) is 66.6 Å². The number of benzene rings is 2. The van der Waals surface area contributed by atoms with Crippen molar-refractivity contribution in [3.05, 3.63) is 102 Å². The topological polar surface area (TPSA) is 101 Å². The Labute approximate surface area is 210 Å². The summed E-state index contributed by atoms with van der Waals surface area (Å²) >= 11 is 0. The van der Waals surface area contributed by atoms with E-state index in [-0.39, 0.29) is 5.69 Å². The van der Waals surface area contributed by atoms with Crippen molar-refractivity contribution in [1.82, 2.24) is 19.9 Å². The first-order chi connectivity index (χ1) is 17.6. The average Bonchev–Trinajstić information content (AvgIpc) is 3.34. The molecule has 2 N–H and O–H groups in total. The summed E-state index contributed by atoms with van der Waals surface area (Å²) in [6.45, 7) is 1.87. The Balaban J connectivity index is 1.46. The molecule has 5 aromatic rings. The number of alkyl halides is 3. The lowest BCUT2D eigenvalue weighted by Gasteiger charge is -2.13. The summed E-state index contributed by atoms with van der Waals surface area (Å²) in [5.41, 5.74) is 3.82. The maximum Gasteiger partial charge on any atom is 0.416 e. The molecule has 0 spiro atoms. The number of nitrogens with zero attached hydrogens (tertiary/aromatic N) is 3. The molecule has 0 saturated heterocycles. The molecule has 0 aliphatic carbocycles. The van der Waals surface area contributed by atoms with Crippen molar-refractivity contribution in [2.75, 3.05) is 4.72 Å². The van der Waals surface area contributed by atoms with E-state index in [2.05, 4.69) is 19.7 Å². The highest BCUT2D eigenvalue weighted by molar-refractivity contribution is 7.92. The molecule has 0 atom stereocenters. The first-order valence-electron chi connectivity index (χ1n) is 11.1. The van der Waals surface area contributed by atoms with Gasteiger partial charge in [0, 0.05) is 36.3 Å². The molecule has 11 heteroatoms. The second kappa shape index (κ2) is 9.32. The predicted octanol–water partition coefficient (Wildman–Crippen LogP) is 5.74. The van der Waals surface area contributed by atoms with E-state index >= 15 is 0 Å². The molecule has 0 aliphatic heterocycles. The Bertz CT molecular complexity index is 1700. The van der Waals surface area contributed by atoms with Crippen molar-refractivity contribution < 1.29 is 21.6 Å². The van der Waals surface area contributed by atoms with Crippen LogP contribution in [0.15, 0.2) is 84.1 Å². The van der Waals surface area contributed by atoms with Crippen LogP contribution in [0.3, 0.4) is 0 Å². The molecule has 3 heterocycles. The molecule has 5 rings (SSSR count).